The molecule has 3 fully saturated rings. The summed E-state index contributed by atoms with van der Waals surface area (Å²) < 4.78 is 31.5. The van der Waals surface area contributed by atoms with Crippen LogP contribution in [0.15, 0.2) is 24.3 Å². The van der Waals surface area contributed by atoms with Crippen molar-refractivity contribution in [2.24, 2.45) is 0 Å². The second-order valence-corrected chi connectivity index (χ2v) is 9.46. The molecule has 0 aromatic heterocycles. The zero-order valence-electron chi connectivity index (χ0n) is 14.5. The van der Waals surface area contributed by atoms with Crippen LogP contribution in [0.3, 0.4) is 0 Å². The SMILES string of the molecule is CS(=O)(=O)N1C[C@@H]2COCCN2C2(CN(Cc3ccccc3O)C2)C1. The van der Waals surface area contributed by atoms with Crippen molar-refractivity contribution in [2.45, 2.75) is 18.1 Å². The van der Waals surface area contributed by atoms with E-state index in [-0.39, 0.29) is 11.6 Å². The summed E-state index contributed by atoms with van der Waals surface area (Å²) in [6.45, 7) is 5.51. The summed E-state index contributed by atoms with van der Waals surface area (Å²) in [5, 5.41) is 9.98. The molecule has 0 bridgehead atoms. The highest BCUT2D eigenvalue weighted by atomic mass is 32.2. The number of rotatable bonds is 3. The first-order valence-electron chi connectivity index (χ1n) is 8.66. The van der Waals surface area contributed by atoms with E-state index in [4.69, 9.17) is 4.74 Å². The summed E-state index contributed by atoms with van der Waals surface area (Å²) in [6.07, 6.45) is 1.29. The minimum atomic E-state index is -3.21. The second-order valence-electron chi connectivity index (χ2n) is 7.48. The van der Waals surface area contributed by atoms with E-state index in [0.717, 1.165) is 25.2 Å². The average Bonchev–Trinajstić information content (AvgIpc) is 2.54. The number of morpholine rings is 1. The first-order valence-corrected chi connectivity index (χ1v) is 10.5. The third-order valence-electron chi connectivity index (χ3n) is 5.61. The maximum Gasteiger partial charge on any atom is 0.211 e. The van der Waals surface area contributed by atoms with Gasteiger partial charge in [0.1, 0.15) is 5.75 Å². The highest BCUT2D eigenvalue weighted by molar-refractivity contribution is 7.88. The molecule has 0 saturated carbocycles. The molecule has 1 spiro atoms. The van der Waals surface area contributed by atoms with Crippen molar-refractivity contribution in [3.8, 4) is 5.75 Å². The first kappa shape index (κ1) is 17.2. The van der Waals surface area contributed by atoms with Gasteiger partial charge in [0.05, 0.1) is 25.0 Å². The normalized spacial score (nSPS) is 27.8. The Labute approximate surface area is 148 Å². The van der Waals surface area contributed by atoms with E-state index in [0.29, 0.717) is 38.6 Å². The van der Waals surface area contributed by atoms with Crippen LogP contribution in [0.25, 0.3) is 0 Å². The van der Waals surface area contributed by atoms with Gasteiger partial charge in [0.2, 0.25) is 10.0 Å². The monoisotopic (exact) mass is 367 g/mol. The molecule has 1 atom stereocenters. The number of aromatic hydroxyl groups is 1. The van der Waals surface area contributed by atoms with Gasteiger partial charge in [0.15, 0.2) is 0 Å². The number of sulfonamides is 1. The number of phenolic OH excluding ortho intramolecular Hbond substituents is 1. The van der Waals surface area contributed by atoms with Crippen molar-refractivity contribution >= 4 is 10.0 Å². The van der Waals surface area contributed by atoms with Gasteiger partial charge in [-0.05, 0) is 6.07 Å². The molecule has 0 amide bonds. The molecule has 7 nitrogen and oxygen atoms in total. The van der Waals surface area contributed by atoms with Gasteiger partial charge >= 0.3 is 0 Å². The van der Waals surface area contributed by atoms with Gasteiger partial charge in [-0.1, -0.05) is 18.2 Å². The van der Waals surface area contributed by atoms with Gasteiger partial charge in [-0.2, -0.15) is 4.31 Å². The summed E-state index contributed by atoms with van der Waals surface area (Å²) in [5.41, 5.74) is 0.770. The quantitative estimate of drug-likeness (QED) is 0.806. The largest absolute Gasteiger partial charge is 0.508 e. The fourth-order valence-electron chi connectivity index (χ4n) is 4.47. The topological polar surface area (TPSA) is 73.3 Å². The molecular weight excluding hydrogens is 342 g/mol. The second kappa shape index (κ2) is 6.21. The fraction of sp³-hybridized carbons (Fsp3) is 0.647. The zero-order valence-corrected chi connectivity index (χ0v) is 15.3. The van der Waals surface area contributed by atoms with Crippen molar-refractivity contribution in [1.82, 2.24) is 14.1 Å². The Hall–Kier alpha value is -1.19. The lowest BCUT2D eigenvalue weighted by atomic mass is 9.83. The van der Waals surface area contributed by atoms with Crippen molar-refractivity contribution in [3.05, 3.63) is 29.8 Å². The van der Waals surface area contributed by atoms with E-state index in [2.05, 4.69) is 9.80 Å². The summed E-state index contributed by atoms with van der Waals surface area (Å²) in [4.78, 5) is 4.73. The van der Waals surface area contributed by atoms with Crippen LogP contribution in [0, 0.1) is 0 Å². The predicted octanol–water partition coefficient (Wildman–Crippen LogP) is -0.0774. The third kappa shape index (κ3) is 3.17. The standard InChI is InChI=1S/C17H25N3O4S/c1-25(22,23)19-9-15-10-24-7-6-20(15)17(13-19)11-18(12-17)8-14-4-2-3-5-16(14)21/h2-5,15,21H,6-13H2,1H3/t15-/m1/s1. The summed E-state index contributed by atoms with van der Waals surface area (Å²) in [5.74, 6) is 0.314. The molecule has 3 aliphatic rings. The number of nitrogens with zero attached hydrogens (tertiary/aromatic N) is 3. The lowest BCUT2D eigenvalue weighted by molar-refractivity contribution is -0.154. The Balaban J connectivity index is 1.51. The minimum absolute atomic E-state index is 0.129. The van der Waals surface area contributed by atoms with E-state index < -0.39 is 10.0 Å². The maximum absolute atomic E-state index is 12.1. The number of piperazine rings is 1. The smallest absolute Gasteiger partial charge is 0.211 e. The maximum atomic E-state index is 12.1. The Morgan fingerprint density at radius 3 is 2.76 bits per heavy atom. The number of hydrogen-bond acceptors (Lipinski definition) is 6. The molecule has 138 valence electrons. The number of benzene rings is 1. The highest BCUT2D eigenvalue weighted by Crippen LogP contribution is 2.37. The molecule has 0 aliphatic carbocycles. The molecule has 0 unspecified atom stereocenters. The van der Waals surface area contributed by atoms with Gasteiger partial charge in [0, 0.05) is 50.9 Å². The van der Waals surface area contributed by atoms with Gasteiger partial charge in [0.25, 0.3) is 0 Å². The lowest BCUT2D eigenvalue weighted by Gasteiger charge is -2.63. The number of likely N-dealkylation sites (tertiary alicyclic amines) is 1. The molecule has 3 aliphatic heterocycles. The molecule has 0 radical (unpaired) electrons. The predicted molar refractivity (Wildman–Crippen MR) is 93.8 cm³/mol. The Morgan fingerprint density at radius 2 is 2.04 bits per heavy atom. The van der Waals surface area contributed by atoms with Crippen molar-refractivity contribution in [1.29, 1.82) is 0 Å². The molecule has 8 heteroatoms. The Bertz CT molecular complexity index is 748. The Kier molecular flexibility index (Phi) is 4.28. The van der Waals surface area contributed by atoms with Crippen LogP contribution in [0.5, 0.6) is 5.75 Å². The number of para-hydroxylation sites is 1. The van der Waals surface area contributed by atoms with Crippen LogP contribution >= 0.6 is 0 Å². The average molecular weight is 367 g/mol. The van der Waals surface area contributed by atoms with Gasteiger partial charge in [-0.25, -0.2) is 8.42 Å². The number of fused-ring (bicyclic) bond motifs is 2. The lowest BCUT2D eigenvalue weighted by Crippen LogP contribution is -2.80. The van der Waals surface area contributed by atoms with Crippen molar-refractivity contribution < 1.29 is 18.3 Å². The number of ether oxygens (including phenoxy) is 1. The first-order chi connectivity index (χ1) is 11.9. The summed E-state index contributed by atoms with van der Waals surface area (Å²) in [7, 11) is -3.21. The van der Waals surface area contributed by atoms with E-state index in [1.807, 2.05) is 18.2 Å². The van der Waals surface area contributed by atoms with Crippen molar-refractivity contribution in [3.63, 3.8) is 0 Å². The minimum Gasteiger partial charge on any atom is -0.508 e. The van der Waals surface area contributed by atoms with E-state index in [9.17, 15) is 13.5 Å². The van der Waals surface area contributed by atoms with Gasteiger partial charge in [-0.15, -0.1) is 0 Å². The van der Waals surface area contributed by atoms with Crippen LogP contribution in [-0.2, 0) is 21.3 Å². The van der Waals surface area contributed by atoms with Gasteiger partial charge < -0.3 is 9.84 Å². The molecule has 1 aromatic rings. The molecule has 4 rings (SSSR count). The van der Waals surface area contributed by atoms with Crippen LogP contribution in [0.4, 0.5) is 0 Å². The van der Waals surface area contributed by atoms with Crippen LogP contribution in [0.1, 0.15) is 5.56 Å². The van der Waals surface area contributed by atoms with E-state index in [1.54, 1.807) is 10.4 Å². The molecule has 1 N–H and O–H groups in total. The number of hydrogen-bond donors (Lipinski definition) is 1. The van der Waals surface area contributed by atoms with Gasteiger partial charge in [-0.3, -0.25) is 9.80 Å². The van der Waals surface area contributed by atoms with E-state index in [1.165, 1.54) is 6.26 Å². The zero-order chi connectivity index (χ0) is 17.7. The molecule has 25 heavy (non-hydrogen) atoms. The highest BCUT2D eigenvalue weighted by Gasteiger charge is 2.55. The third-order valence-corrected chi connectivity index (χ3v) is 6.83. The Morgan fingerprint density at radius 1 is 1.28 bits per heavy atom. The van der Waals surface area contributed by atoms with Crippen LogP contribution < -0.4 is 0 Å². The molecule has 3 heterocycles. The fourth-order valence-corrected chi connectivity index (χ4v) is 5.38. The van der Waals surface area contributed by atoms with Crippen LogP contribution in [0.2, 0.25) is 0 Å². The number of phenols is 1. The molecule has 3 saturated heterocycles. The van der Waals surface area contributed by atoms with E-state index >= 15 is 0 Å². The summed E-state index contributed by atoms with van der Waals surface area (Å²) in [6, 6.07) is 7.51. The molecule has 1 aromatic carbocycles. The van der Waals surface area contributed by atoms with Crippen LogP contribution in [-0.4, -0.2) is 91.4 Å². The van der Waals surface area contributed by atoms with Crippen molar-refractivity contribution in [2.75, 3.05) is 52.2 Å². The molecular formula is C17H25N3O4S. The summed E-state index contributed by atoms with van der Waals surface area (Å²) >= 11 is 0.